The Kier molecular flexibility index (Phi) is 4.79. The van der Waals surface area contributed by atoms with Crippen LogP contribution in [0.1, 0.15) is 10.5 Å². The Morgan fingerprint density at radius 1 is 0.893 bits per heavy atom. The molecule has 0 fully saturated rings. The number of ether oxygens (including phenoxy) is 1. The van der Waals surface area contributed by atoms with Gasteiger partial charge in [0, 0.05) is 17.8 Å². The minimum Gasteiger partial charge on any atom is -0.495 e. The highest BCUT2D eigenvalue weighted by atomic mass is 16.5. The number of pyridine rings is 1. The highest BCUT2D eigenvalue weighted by Crippen LogP contribution is 2.25. The molecular weight excluding hydrogens is 354 g/mol. The first kappa shape index (κ1) is 17.4. The van der Waals surface area contributed by atoms with E-state index in [-0.39, 0.29) is 11.6 Å². The molecule has 0 saturated carbocycles. The lowest BCUT2D eigenvalue weighted by Gasteiger charge is -2.11. The van der Waals surface area contributed by atoms with Crippen molar-refractivity contribution in [3.8, 4) is 5.75 Å². The van der Waals surface area contributed by atoms with E-state index in [4.69, 9.17) is 4.74 Å². The molecule has 0 aliphatic carbocycles. The van der Waals surface area contributed by atoms with Gasteiger partial charge in [-0.25, -0.2) is 9.97 Å². The van der Waals surface area contributed by atoms with Crippen LogP contribution in [0.15, 0.2) is 73.1 Å². The van der Waals surface area contributed by atoms with E-state index in [2.05, 4.69) is 25.6 Å². The molecule has 1 amide bonds. The number of rotatable bonds is 5. The van der Waals surface area contributed by atoms with E-state index in [1.807, 2.05) is 54.6 Å². The van der Waals surface area contributed by atoms with Gasteiger partial charge in [0.25, 0.3) is 5.91 Å². The number of fused-ring (bicyclic) bond motifs is 1. The van der Waals surface area contributed by atoms with Crippen molar-refractivity contribution < 1.29 is 9.53 Å². The van der Waals surface area contributed by atoms with Crippen LogP contribution in [0.25, 0.3) is 10.9 Å². The Morgan fingerprint density at radius 3 is 2.61 bits per heavy atom. The quantitative estimate of drug-likeness (QED) is 0.551. The van der Waals surface area contributed by atoms with Crippen LogP contribution in [0.3, 0.4) is 0 Å². The molecule has 28 heavy (non-hydrogen) atoms. The van der Waals surface area contributed by atoms with Crippen molar-refractivity contribution in [3.63, 3.8) is 0 Å². The third-order valence-electron chi connectivity index (χ3n) is 4.12. The number of aromatic nitrogens is 3. The fourth-order valence-electron chi connectivity index (χ4n) is 2.81. The van der Waals surface area contributed by atoms with Gasteiger partial charge < -0.3 is 15.4 Å². The number of amides is 1. The second kappa shape index (κ2) is 7.71. The van der Waals surface area contributed by atoms with Crippen LogP contribution in [0.4, 0.5) is 17.3 Å². The van der Waals surface area contributed by atoms with Crippen molar-refractivity contribution in [1.29, 1.82) is 0 Å². The lowest BCUT2D eigenvalue weighted by atomic mass is 10.2. The minimum atomic E-state index is -0.344. The molecule has 2 aromatic heterocycles. The van der Waals surface area contributed by atoms with Crippen molar-refractivity contribution in [3.05, 3.63) is 78.8 Å². The molecule has 0 spiro atoms. The number of benzene rings is 2. The van der Waals surface area contributed by atoms with Crippen LogP contribution in [0, 0.1) is 0 Å². The average Bonchev–Trinajstić information content (AvgIpc) is 2.74. The zero-order chi connectivity index (χ0) is 19.3. The molecule has 2 aromatic carbocycles. The molecule has 4 aromatic rings. The van der Waals surface area contributed by atoms with E-state index >= 15 is 0 Å². The van der Waals surface area contributed by atoms with Gasteiger partial charge in [0.05, 0.1) is 24.0 Å². The summed E-state index contributed by atoms with van der Waals surface area (Å²) in [6, 6.07) is 18.4. The molecule has 138 valence electrons. The van der Waals surface area contributed by atoms with Crippen LogP contribution in [-0.4, -0.2) is 28.0 Å². The SMILES string of the molecule is COc1ccccc1Nc1nccc(C(=O)Nc2cccc3cccnc23)n1. The highest BCUT2D eigenvalue weighted by Gasteiger charge is 2.12. The number of hydrogen-bond acceptors (Lipinski definition) is 6. The van der Waals surface area contributed by atoms with E-state index in [0.717, 1.165) is 10.9 Å². The summed E-state index contributed by atoms with van der Waals surface area (Å²) < 4.78 is 5.31. The van der Waals surface area contributed by atoms with E-state index in [9.17, 15) is 4.79 Å². The Bertz CT molecular complexity index is 1140. The summed E-state index contributed by atoms with van der Waals surface area (Å²) in [6.45, 7) is 0. The summed E-state index contributed by atoms with van der Waals surface area (Å²) in [4.78, 5) is 25.5. The van der Waals surface area contributed by atoms with Crippen molar-refractivity contribution in [2.75, 3.05) is 17.7 Å². The number of nitrogens with zero attached hydrogens (tertiary/aromatic N) is 3. The fourth-order valence-corrected chi connectivity index (χ4v) is 2.81. The predicted octanol–water partition coefficient (Wildman–Crippen LogP) is 4.03. The van der Waals surface area contributed by atoms with Gasteiger partial charge in [-0.3, -0.25) is 9.78 Å². The number of carbonyl (C=O) groups is 1. The lowest BCUT2D eigenvalue weighted by molar-refractivity contribution is 0.102. The zero-order valence-electron chi connectivity index (χ0n) is 15.1. The average molecular weight is 371 g/mol. The summed E-state index contributed by atoms with van der Waals surface area (Å²) in [7, 11) is 1.59. The molecule has 0 aliphatic heterocycles. The Hall–Kier alpha value is -4.00. The fraction of sp³-hybridized carbons (Fsp3) is 0.0476. The van der Waals surface area contributed by atoms with Crippen molar-refractivity contribution in [2.24, 2.45) is 0 Å². The number of anilines is 3. The second-order valence-electron chi connectivity index (χ2n) is 5.93. The molecule has 7 heteroatoms. The van der Waals surface area contributed by atoms with Crippen molar-refractivity contribution >= 4 is 34.1 Å². The standard InChI is InChI=1S/C21H17N5O2/c1-28-18-10-3-2-8-15(18)25-21-23-13-11-17(26-21)20(27)24-16-9-4-6-14-7-5-12-22-19(14)16/h2-13H,1H3,(H,24,27)(H,23,25,26). The number of hydrogen-bond donors (Lipinski definition) is 2. The number of nitrogens with one attached hydrogen (secondary N) is 2. The number of carbonyl (C=O) groups excluding carboxylic acids is 1. The smallest absolute Gasteiger partial charge is 0.274 e. The molecule has 0 aliphatic rings. The van der Waals surface area contributed by atoms with Crippen LogP contribution < -0.4 is 15.4 Å². The lowest BCUT2D eigenvalue weighted by Crippen LogP contribution is -2.15. The number of para-hydroxylation sites is 3. The summed E-state index contributed by atoms with van der Waals surface area (Å²) >= 11 is 0. The van der Waals surface area contributed by atoms with Gasteiger partial charge in [0.1, 0.15) is 11.4 Å². The van der Waals surface area contributed by atoms with Gasteiger partial charge in [0.15, 0.2) is 0 Å². The largest absolute Gasteiger partial charge is 0.495 e. The maximum Gasteiger partial charge on any atom is 0.274 e. The van der Waals surface area contributed by atoms with E-state index in [1.54, 1.807) is 19.4 Å². The Labute approximate surface area is 161 Å². The third-order valence-corrected chi connectivity index (χ3v) is 4.12. The Morgan fingerprint density at radius 2 is 1.71 bits per heavy atom. The van der Waals surface area contributed by atoms with Crippen LogP contribution in [-0.2, 0) is 0 Å². The first-order valence-electron chi connectivity index (χ1n) is 8.63. The minimum absolute atomic E-state index is 0.236. The monoisotopic (exact) mass is 371 g/mol. The maximum absolute atomic E-state index is 12.7. The molecule has 0 saturated heterocycles. The molecule has 2 heterocycles. The van der Waals surface area contributed by atoms with Crippen LogP contribution in [0.5, 0.6) is 5.75 Å². The molecule has 0 unspecified atom stereocenters. The van der Waals surface area contributed by atoms with Gasteiger partial charge >= 0.3 is 0 Å². The van der Waals surface area contributed by atoms with Crippen molar-refractivity contribution in [2.45, 2.75) is 0 Å². The topological polar surface area (TPSA) is 89.0 Å². The first-order valence-corrected chi connectivity index (χ1v) is 8.63. The van der Waals surface area contributed by atoms with Gasteiger partial charge in [-0.1, -0.05) is 30.3 Å². The number of methoxy groups -OCH3 is 1. The highest BCUT2D eigenvalue weighted by molar-refractivity contribution is 6.07. The third kappa shape index (κ3) is 3.59. The van der Waals surface area contributed by atoms with E-state index in [0.29, 0.717) is 23.1 Å². The van der Waals surface area contributed by atoms with Crippen LogP contribution in [0.2, 0.25) is 0 Å². The Balaban J connectivity index is 1.58. The van der Waals surface area contributed by atoms with Crippen molar-refractivity contribution in [1.82, 2.24) is 15.0 Å². The second-order valence-corrected chi connectivity index (χ2v) is 5.93. The van der Waals surface area contributed by atoms with Gasteiger partial charge in [-0.15, -0.1) is 0 Å². The van der Waals surface area contributed by atoms with Gasteiger partial charge in [-0.05, 0) is 30.3 Å². The van der Waals surface area contributed by atoms with E-state index in [1.165, 1.54) is 6.20 Å². The summed E-state index contributed by atoms with van der Waals surface area (Å²) in [5.41, 5.74) is 2.29. The molecule has 7 nitrogen and oxygen atoms in total. The van der Waals surface area contributed by atoms with Gasteiger partial charge in [0.2, 0.25) is 5.95 Å². The molecule has 0 bridgehead atoms. The summed E-state index contributed by atoms with van der Waals surface area (Å²) in [5, 5.41) is 6.89. The summed E-state index contributed by atoms with van der Waals surface area (Å²) in [5.74, 6) is 0.611. The molecular formula is C21H17N5O2. The van der Waals surface area contributed by atoms with Gasteiger partial charge in [-0.2, -0.15) is 0 Å². The normalized spacial score (nSPS) is 10.5. The van der Waals surface area contributed by atoms with E-state index < -0.39 is 0 Å². The molecule has 2 N–H and O–H groups in total. The molecule has 0 radical (unpaired) electrons. The zero-order valence-corrected chi connectivity index (χ0v) is 15.1. The molecule has 4 rings (SSSR count). The first-order chi connectivity index (χ1) is 13.7. The molecule has 0 atom stereocenters. The summed E-state index contributed by atoms with van der Waals surface area (Å²) in [6.07, 6.45) is 3.22. The predicted molar refractivity (Wildman–Crippen MR) is 108 cm³/mol. The maximum atomic E-state index is 12.7. The van der Waals surface area contributed by atoms with Crippen LogP contribution >= 0.6 is 0 Å².